The molecule has 2 N–H and O–H groups in total. The molecule has 1 atom stereocenters. The Morgan fingerprint density at radius 2 is 1.60 bits per heavy atom. The van der Waals surface area contributed by atoms with E-state index in [0.717, 1.165) is 87.5 Å². The fourth-order valence-corrected chi connectivity index (χ4v) is 9.23. The maximum Gasteiger partial charge on any atom is 0.282 e. The number of carbonyl (C=O) groups is 3. The van der Waals surface area contributed by atoms with Crippen LogP contribution in [-0.2, 0) is 19.8 Å². The van der Waals surface area contributed by atoms with Crippen molar-refractivity contribution in [1.29, 1.82) is 0 Å². The summed E-state index contributed by atoms with van der Waals surface area (Å²) < 4.78 is 2.14. The van der Waals surface area contributed by atoms with Gasteiger partial charge in [0, 0.05) is 31.6 Å². The van der Waals surface area contributed by atoms with Gasteiger partial charge in [0.2, 0.25) is 17.7 Å². The summed E-state index contributed by atoms with van der Waals surface area (Å²) in [6.45, 7) is 8.78. The molecule has 0 aliphatic carbocycles. The molecule has 0 bridgehead atoms. The van der Waals surface area contributed by atoms with Gasteiger partial charge < -0.3 is 15.1 Å². The summed E-state index contributed by atoms with van der Waals surface area (Å²) in [7, 11) is 0. The van der Waals surface area contributed by atoms with Crippen LogP contribution in [0.15, 0.2) is 65.5 Å². The second-order valence-corrected chi connectivity index (χ2v) is 16.2. The molecule has 3 fully saturated rings. The molecular weight excluding hydrogens is 688 g/mol. The molecule has 1 aromatic heterocycles. The number of imide groups is 1. The lowest BCUT2D eigenvalue weighted by atomic mass is 9.83. The van der Waals surface area contributed by atoms with E-state index in [1.165, 1.54) is 16.7 Å². The van der Waals surface area contributed by atoms with Gasteiger partial charge in [-0.3, -0.25) is 29.1 Å². The Morgan fingerprint density at radius 1 is 0.906 bits per heavy atom. The minimum absolute atomic E-state index is 0.214. The van der Waals surface area contributed by atoms with Crippen LogP contribution in [0.5, 0.6) is 0 Å². The predicted octanol–water partition coefficient (Wildman–Crippen LogP) is 6.26. The van der Waals surface area contributed by atoms with Crippen molar-refractivity contribution in [1.82, 2.24) is 24.7 Å². The quantitative estimate of drug-likeness (QED) is 0.205. The zero-order valence-electron chi connectivity index (χ0n) is 30.5. The van der Waals surface area contributed by atoms with E-state index >= 15 is 0 Å². The summed E-state index contributed by atoms with van der Waals surface area (Å²) >= 11 is 6.48. The summed E-state index contributed by atoms with van der Waals surface area (Å²) in [6, 6.07) is 20.2. The van der Waals surface area contributed by atoms with E-state index in [1.807, 2.05) is 29.2 Å². The highest BCUT2D eigenvalue weighted by Gasteiger charge is 2.39. The van der Waals surface area contributed by atoms with Crippen molar-refractivity contribution in [3.63, 3.8) is 0 Å². The lowest BCUT2D eigenvalue weighted by Gasteiger charge is -2.34. The van der Waals surface area contributed by atoms with Gasteiger partial charge >= 0.3 is 0 Å². The van der Waals surface area contributed by atoms with Gasteiger partial charge in [-0.25, -0.2) is 0 Å². The minimum Gasteiger partial charge on any atom is -0.374 e. The second-order valence-electron chi connectivity index (χ2n) is 15.8. The lowest BCUT2D eigenvalue weighted by molar-refractivity contribution is -0.134. The Morgan fingerprint density at radius 3 is 2.34 bits per heavy atom. The van der Waals surface area contributed by atoms with E-state index in [1.54, 1.807) is 6.07 Å². The van der Waals surface area contributed by atoms with Crippen molar-refractivity contribution >= 4 is 45.9 Å². The zero-order valence-corrected chi connectivity index (χ0v) is 31.3. The van der Waals surface area contributed by atoms with Gasteiger partial charge in [-0.05, 0) is 131 Å². The van der Waals surface area contributed by atoms with Crippen LogP contribution in [0, 0.1) is 0 Å². The van der Waals surface area contributed by atoms with Crippen LogP contribution < -0.4 is 16.2 Å². The summed E-state index contributed by atoms with van der Waals surface area (Å²) in [6.07, 6.45) is 6.34. The molecule has 0 radical (unpaired) electrons. The number of nitrogens with one attached hydrogen (secondary N) is 2. The monoisotopic (exact) mass is 734 g/mol. The largest absolute Gasteiger partial charge is 0.374 e. The van der Waals surface area contributed by atoms with Crippen LogP contribution >= 0.6 is 11.6 Å². The lowest BCUT2D eigenvalue weighted by Crippen LogP contribution is -2.47. The Hall–Kier alpha value is -4.54. The van der Waals surface area contributed by atoms with E-state index in [4.69, 9.17) is 11.6 Å². The van der Waals surface area contributed by atoms with Crippen molar-refractivity contribution in [2.45, 2.75) is 88.5 Å². The Kier molecular flexibility index (Phi) is 9.62. The zero-order chi connectivity index (χ0) is 36.9. The number of nitrogens with zero attached hydrogens (tertiary/aromatic N) is 4. The normalized spacial score (nSPS) is 20.7. The van der Waals surface area contributed by atoms with Gasteiger partial charge in [-0.1, -0.05) is 41.9 Å². The Bertz CT molecular complexity index is 2130. The first-order chi connectivity index (χ1) is 25.6. The number of fused-ring (bicyclic) bond motifs is 5. The molecule has 0 spiro atoms. The van der Waals surface area contributed by atoms with Crippen LogP contribution in [-0.4, -0.2) is 75.8 Å². The molecule has 1 unspecified atom stereocenters. The topological polar surface area (TPSA) is 117 Å². The fourth-order valence-electron chi connectivity index (χ4n) is 8.97. The summed E-state index contributed by atoms with van der Waals surface area (Å²) in [4.78, 5) is 58.8. The number of halogens is 1. The fraction of sp³-hybridized carbons (Fsp3) is 0.452. The second kappa shape index (κ2) is 14.4. The smallest absolute Gasteiger partial charge is 0.282 e. The maximum atomic E-state index is 13.2. The van der Waals surface area contributed by atoms with Gasteiger partial charge in [0.05, 0.1) is 27.0 Å². The van der Waals surface area contributed by atoms with E-state index in [2.05, 4.69) is 69.3 Å². The van der Waals surface area contributed by atoms with Gasteiger partial charge in [0.15, 0.2) is 0 Å². The van der Waals surface area contributed by atoms with Crippen molar-refractivity contribution in [2.24, 2.45) is 0 Å². The molecule has 4 aliphatic rings. The van der Waals surface area contributed by atoms with Gasteiger partial charge in [-0.2, -0.15) is 4.98 Å². The minimum atomic E-state index is -0.396. The Balaban J connectivity index is 0.803. The number of amides is 3. The number of carbonyl (C=O) groups excluding carboxylic acids is 3. The molecular formula is C42H47ClN6O4. The number of hydrogen-bond acceptors (Lipinski definition) is 7. The van der Waals surface area contributed by atoms with Gasteiger partial charge in [0.25, 0.3) is 5.56 Å². The van der Waals surface area contributed by atoms with E-state index in [9.17, 15) is 19.2 Å². The van der Waals surface area contributed by atoms with Gasteiger partial charge in [0.1, 0.15) is 11.9 Å². The molecule has 53 heavy (non-hydrogen) atoms. The number of hydrogen-bond donors (Lipinski definition) is 2. The Labute approximate surface area is 314 Å². The molecule has 3 aromatic carbocycles. The molecule has 3 amide bonds. The summed E-state index contributed by atoms with van der Waals surface area (Å²) in [5.74, 6) is 1.39. The molecule has 276 valence electrons. The van der Waals surface area contributed by atoms with Crippen molar-refractivity contribution in [3.05, 3.63) is 98.6 Å². The third kappa shape index (κ3) is 6.87. The standard InChI is InChI=1S/C42H47ClN6O4/c1-42(2)31-13-10-29(25-35(31)49-34-6-3-5-32(43)38(34)40(53)46-41(42)49)28-16-21-47(22-17-28)20-4-7-37(51)48-23-18-27(19-24-48)26-8-11-30(12-9-26)44-33-14-15-36(50)45-39(33)52/h3,5-6,8-13,25,27-28,33,44H,4,7,14-24H2,1-2H3,(H,45,50,52). The predicted molar refractivity (Wildman–Crippen MR) is 207 cm³/mol. The molecule has 4 aliphatic heterocycles. The molecule has 4 aromatic rings. The van der Waals surface area contributed by atoms with Crippen LogP contribution in [0.25, 0.3) is 16.6 Å². The summed E-state index contributed by atoms with van der Waals surface area (Å²) in [5, 5.41) is 6.53. The molecule has 3 saturated heterocycles. The first kappa shape index (κ1) is 35.5. The van der Waals surface area contributed by atoms with Crippen LogP contribution in [0.1, 0.15) is 99.6 Å². The third-order valence-electron chi connectivity index (χ3n) is 12.1. The average Bonchev–Trinajstić information content (AvgIpc) is 3.38. The van der Waals surface area contributed by atoms with E-state index in [0.29, 0.717) is 41.5 Å². The van der Waals surface area contributed by atoms with E-state index < -0.39 is 11.5 Å². The highest BCUT2D eigenvalue weighted by atomic mass is 35.5. The first-order valence-corrected chi connectivity index (χ1v) is 19.5. The van der Waals surface area contributed by atoms with Crippen molar-refractivity contribution in [3.8, 4) is 5.69 Å². The highest BCUT2D eigenvalue weighted by molar-refractivity contribution is 6.35. The van der Waals surface area contributed by atoms with Crippen molar-refractivity contribution in [2.75, 3.05) is 38.0 Å². The molecule has 11 heteroatoms. The number of piperidine rings is 3. The molecule has 10 nitrogen and oxygen atoms in total. The van der Waals surface area contributed by atoms with E-state index in [-0.39, 0.29) is 23.3 Å². The number of likely N-dealkylation sites (tertiary alicyclic amines) is 2. The van der Waals surface area contributed by atoms with Crippen LogP contribution in [0.3, 0.4) is 0 Å². The highest BCUT2D eigenvalue weighted by Crippen LogP contribution is 2.44. The van der Waals surface area contributed by atoms with Crippen molar-refractivity contribution < 1.29 is 14.4 Å². The van der Waals surface area contributed by atoms with Crippen LogP contribution in [0.2, 0.25) is 5.02 Å². The SMILES string of the molecule is CC1(C)c2ccc(C3CCN(CCCC(=O)N4CCC(c5ccc(NC6CCC(=O)NC6=O)cc5)CC4)CC3)cc2-n2c1nc(=O)c1c(Cl)cccc12. The third-order valence-corrected chi connectivity index (χ3v) is 12.4. The first-order valence-electron chi connectivity index (χ1n) is 19.1. The number of benzene rings is 3. The number of rotatable bonds is 8. The van der Waals surface area contributed by atoms with Gasteiger partial charge in [-0.15, -0.1) is 0 Å². The summed E-state index contributed by atoms with van der Waals surface area (Å²) in [5.41, 5.74) is 5.83. The van der Waals surface area contributed by atoms with Crippen LogP contribution in [0.4, 0.5) is 5.69 Å². The average molecular weight is 735 g/mol. The maximum absolute atomic E-state index is 13.2. The molecule has 0 saturated carbocycles. The number of aromatic nitrogens is 2. The molecule has 5 heterocycles. The number of anilines is 1. The molecule has 8 rings (SSSR count).